The molecule has 0 saturated heterocycles. The fourth-order valence-corrected chi connectivity index (χ4v) is 1.30. The van der Waals surface area contributed by atoms with Crippen LogP contribution in [0.15, 0.2) is 30.3 Å². The van der Waals surface area contributed by atoms with Crippen molar-refractivity contribution in [2.45, 2.75) is 25.8 Å². The molecule has 0 aliphatic heterocycles. The van der Waals surface area contributed by atoms with E-state index in [1.807, 2.05) is 32.0 Å². The number of benzene rings is 1. The molecule has 1 atom stereocenters. The van der Waals surface area contributed by atoms with Crippen LogP contribution in [0.5, 0.6) is 0 Å². The molecule has 0 radical (unpaired) electrons. The first kappa shape index (κ1) is 11.7. The molecule has 1 aromatic rings. The average Bonchev–Trinajstić information content (AvgIpc) is 2.25. The van der Waals surface area contributed by atoms with Gasteiger partial charge in [-0.3, -0.25) is 0 Å². The van der Waals surface area contributed by atoms with E-state index in [0.29, 0.717) is 6.61 Å². The third-order valence-corrected chi connectivity index (χ3v) is 2.02. The Labute approximate surface area is 91.7 Å². The van der Waals surface area contributed by atoms with Crippen LogP contribution in [-0.4, -0.2) is 19.8 Å². The van der Waals surface area contributed by atoms with E-state index >= 15 is 0 Å². The van der Waals surface area contributed by atoms with E-state index in [-0.39, 0.29) is 12.0 Å². The van der Waals surface area contributed by atoms with Crippen molar-refractivity contribution in [2.75, 3.05) is 13.7 Å². The van der Waals surface area contributed by atoms with Crippen LogP contribution < -0.4 is 0 Å². The number of methoxy groups -OCH3 is 1. The topological polar surface area (TPSA) is 13.6 Å². The molecule has 0 bridgehead atoms. The summed E-state index contributed by atoms with van der Waals surface area (Å²) >= 11 is 0. The summed E-state index contributed by atoms with van der Waals surface area (Å²) in [4.78, 5) is 4.29. The van der Waals surface area contributed by atoms with Crippen molar-refractivity contribution in [3.05, 3.63) is 40.7 Å². The van der Waals surface area contributed by atoms with E-state index in [1.165, 1.54) is 5.56 Å². The molecule has 0 N–H and O–H groups in total. The first-order chi connectivity index (χ1) is 7.24. The highest BCUT2D eigenvalue weighted by molar-refractivity contribution is 5.26. The number of ether oxygens (including phenoxy) is 1. The Morgan fingerprint density at radius 3 is 2.47 bits per heavy atom. The molecule has 0 heterocycles. The predicted molar refractivity (Wildman–Crippen MR) is 63.4 cm³/mol. The highest BCUT2D eigenvalue weighted by Gasteiger charge is 2.14. The van der Waals surface area contributed by atoms with Crippen molar-refractivity contribution in [3.8, 4) is 6.07 Å². The lowest BCUT2D eigenvalue weighted by Crippen LogP contribution is -2.03. The minimum Gasteiger partial charge on any atom is -0.383 e. The van der Waals surface area contributed by atoms with E-state index < -0.39 is 0 Å². The fraction of sp³-hybridized carbons (Fsp3) is 0.462. The molecule has 2 nitrogen and oxygen atoms in total. The molecule has 0 aromatic heterocycles. The van der Waals surface area contributed by atoms with Crippen LogP contribution >= 0.6 is 0 Å². The third-order valence-electron chi connectivity index (χ3n) is 2.02. The second kappa shape index (κ2) is 6.21. The van der Waals surface area contributed by atoms with Gasteiger partial charge in [0.1, 0.15) is 5.92 Å². The average molecular weight is 204 g/mol. The molecule has 1 unspecified atom stereocenters. The maximum atomic E-state index is 5.17. The Hall–Kier alpha value is -1.33. The van der Waals surface area contributed by atoms with Gasteiger partial charge < -0.3 is 4.74 Å². The SMILES string of the molecule is COCC(C#[N+]C(C)C)c1ccccc1. The van der Waals surface area contributed by atoms with Crippen molar-refractivity contribution in [1.82, 2.24) is 0 Å². The Bertz CT molecular complexity index is 335. The Morgan fingerprint density at radius 2 is 1.93 bits per heavy atom. The lowest BCUT2D eigenvalue weighted by Gasteiger charge is -2.04. The molecule has 0 aliphatic carbocycles. The second-order valence-corrected chi connectivity index (χ2v) is 3.77. The van der Waals surface area contributed by atoms with Crippen molar-refractivity contribution in [3.63, 3.8) is 0 Å². The summed E-state index contributed by atoms with van der Waals surface area (Å²) in [5, 5.41) is 0. The van der Waals surface area contributed by atoms with Gasteiger partial charge in [-0.2, -0.15) is 0 Å². The van der Waals surface area contributed by atoms with Gasteiger partial charge in [0.15, 0.2) is 0 Å². The normalized spacial score (nSPS) is 12.0. The molecule has 2 heteroatoms. The smallest absolute Gasteiger partial charge is 0.283 e. The zero-order valence-electron chi connectivity index (χ0n) is 9.60. The maximum absolute atomic E-state index is 5.17. The summed E-state index contributed by atoms with van der Waals surface area (Å²) in [5.41, 5.74) is 1.20. The van der Waals surface area contributed by atoms with Crippen LogP contribution in [0.25, 0.3) is 4.85 Å². The summed E-state index contributed by atoms with van der Waals surface area (Å²) in [6, 6.07) is 13.6. The Balaban J connectivity index is 2.80. The monoisotopic (exact) mass is 204 g/mol. The lowest BCUT2D eigenvalue weighted by atomic mass is 10.0. The molecule has 0 amide bonds. The first-order valence-corrected chi connectivity index (χ1v) is 5.23. The standard InChI is InChI=1S/C13H18NO/c1-11(2)14-9-13(10-15-3)12-7-5-4-6-8-12/h4-8,11,13H,10H2,1-3H3/q+1. The lowest BCUT2D eigenvalue weighted by molar-refractivity contribution is 0.193. The first-order valence-electron chi connectivity index (χ1n) is 5.23. The molecule has 80 valence electrons. The van der Waals surface area contributed by atoms with Crippen molar-refractivity contribution >= 4 is 0 Å². The summed E-state index contributed by atoms with van der Waals surface area (Å²) in [6.45, 7) is 4.71. The number of hydrogen-bond donors (Lipinski definition) is 0. The second-order valence-electron chi connectivity index (χ2n) is 3.77. The summed E-state index contributed by atoms with van der Waals surface area (Å²) in [5.74, 6) is 0.138. The van der Waals surface area contributed by atoms with E-state index in [0.717, 1.165) is 0 Å². The van der Waals surface area contributed by atoms with Gasteiger partial charge >= 0.3 is 0 Å². The largest absolute Gasteiger partial charge is 0.383 e. The molecule has 0 fully saturated rings. The molecule has 15 heavy (non-hydrogen) atoms. The summed E-state index contributed by atoms with van der Waals surface area (Å²) < 4.78 is 5.17. The van der Waals surface area contributed by atoms with Crippen LogP contribution in [0.1, 0.15) is 25.3 Å². The molecular formula is C13H18NO+. The van der Waals surface area contributed by atoms with Gasteiger partial charge in [0.2, 0.25) is 0 Å². The van der Waals surface area contributed by atoms with Gasteiger partial charge in [0, 0.05) is 21.0 Å². The Morgan fingerprint density at radius 1 is 1.27 bits per heavy atom. The van der Waals surface area contributed by atoms with E-state index in [1.54, 1.807) is 7.11 Å². The maximum Gasteiger partial charge on any atom is 0.283 e. The van der Waals surface area contributed by atoms with Crippen molar-refractivity contribution in [2.24, 2.45) is 0 Å². The number of nitrogens with zero attached hydrogens (tertiary/aromatic N) is 1. The highest BCUT2D eigenvalue weighted by Crippen LogP contribution is 2.15. The van der Waals surface area contributed by atoms with Crippen LogP contribution in [0.3, 0.4) is 0 Å². The molecule has 0 spiro atoms. The van der Waals surface area contributed by atoms with Gasteiger partial charge in [-0.25, -0.2) is 0 Å². The minimum atomic E-state index is 0.138. The number of rotatable bonds is 3. The van der Waals surface area contributed by atoms with Gasteiger partial charge in [-0.15, -0.1) is 0 Å². The van der Waals surface area contributed by atoms with Crippen LogP contribution in [-0.2, 0) is 4.74 Å². The molecule has 0 saturated carbocycles. The number of hydrogen-bond acceptors (Lipinski definition) is 1. The van der Waals surface area contributed by atoms with E-state index in [2.05, 4.69) is 23.0 Å². The quantitative estimate of drug-likeness (QED) is 0.737. The Kier molecular flexibility index (Phi) is 4.86. The van der Waals surface area contributed by atoms with Crippen LogP contribution in [0, 0.1) is 6.07 Å². The predicted octanol–water partition coefficient (Wildman–Crippen LogP) is 3.16. The fourth-order valence-electron chi connectivity index (χ4n) is 1.30. The molecular weight excluding hydrogens is 186 g/mol. The zero-order chi connectivity index (χ0) is 11.1. The van der Waals surface area contributed by atoms with Gasteiger partial charge in [-0.1, -0.05) is 35.2 Å². The van der Waals surface area contributed by atoms with E-state index in [4.69, 9.17) is 4.74 Å². The van der Waals surface area contributed by atoms with Crippen molar-refractivity contribution < 1.29 is 4.74 Å². The van der Waals surface area contributed by atoms with Gasteiger partial charge in [0.25, 0.3) is 12.1 Å². The minimum absolute atomic E-state index is 0.138. The van der Waals surface area contributed by atoms with Gasteiger partial charge in [0.05, 0.1) is 6.61 Å². The molecule has 0 aliphatic rings. The van der Waals surface area contributed by atoms with Gasteiger partial charge in [-0.05, 0) is 5.56 Å². The molecule has 1 rings (SSSR count). The summed E-state index contributed by atoms with van der Waals surface area (Å²) in [6.07, 6.45) is 0. The van der Waals surface area contributed by atoms with E-state index in [9.17, 15) is 0 Å². The van der Waals surface area contributed by atoms with Crippen LogP contribution in [0.2, 0.25) is 0 Å². The zero-order valence-corrected chi connectivity index (χ0v) is 9.60. The molecule has 1 aromatic carbocycles. The summed E-state index contributed by atoms with van der Waals surface area (Å²) in [7, 11) is 1.70. The third kappa shape index (κ3) is 4.14. The van der Waals surface area contributed by atoms with Crippen molar-refractivity contribution in [1.29, 1.82) is 0 Å². The highest BCUT2D eigenvalue weighted by atomic mass is 16.5. The van der Waals surface area contributed by atoms with Crippen LogP contribution in [0.4, 0.5) is 0 Å².